The molecule has 1 aliphatic heterocycles. The Labute approximate surface area is 121 Å². The molecule has 0 aromatic carbocycles. The predicted octanol–water partition coefficient (Wildman–Crippen LogP) is 0.641. The molecule has 0 aromatic heterocycles. The third kappa shape index (κ3) is 4.09. The Morgan fingerprint density at radius 3 is 2.71 bits per heavy atom. The molecule has 2 aliphatic rings. The van der Waals surface area contributed by atoms with Gasteiger partial charge in [0.15, 0.2) is 0 Å². The topological polar surface area (TPSA) is 75.4 Å². The Kier molecular flexibility index (Phi) is 4.75. The zero-order valence-electron chi connectivity index (χ0n) is 11.7. The minimum absolute atomic E-state index is 0.0192. The molecule has 8 heteroatoms. The molecule has 120 valence electrons. The van der Waals surface area contributed by atoms with Crippen LogP contribution in [0.5, 0.6) is 0 Å². The van der Waals surface area contributed by atoms with Crippen molar-refractivity contribution in [3.05, 3.63) is 0 Å². The van der Waals surface area contributed by atoms with E-state index >= 15 is 0 Å². The Bertz CT molecular complexity index is 414. The summed E-state index contributed by atoms with van der Waals surface area (Å²) in [6.07, 6.45) is -1.82. The van der Waals surface area contributed by atoms with Crippen molar-refractivity contribution >= 4 is 11.8 Å². The van der Waals surface area contributed by atoms with Crippen LogP contribution in [0.2, 0.25) is 0 Å². The molecule has 1 heterocycles. The second-order valence-electron chi connectivity index (χ2n) is 5.83. The number of carbonyl (C=O) groups is 2. The first-order valence-electron chi connectivity index (χ1n) is 7.15. The lowest BCUT2D eigenvalue weighted by atomic mass is 10.0. The fourth-order valence-corrected chi connectivity index (χ4v) is 3.13. The monoisotopic (exact) mass is 307 g/mol. The van der Waals surface area contributed by atoms with Crippen molar-refractivity contribution in [2.75, 3.05) is 19.6 Å². The van der Waals surface area contributed by atoms with Gasteiger partial charge < -0.3 is 16.0 Å². The molecule has 21 heavy (non-hydrogen) atoms. The Balaban J connectivity index is 1.88. The van der Waals surface area contributed by atoms with Crippen molar-refractivity contribution < 1.29 is 22.8 Å². The van der Waals surface area contributed by atoms with Crippen LogP contribution < -0.4 is 11.1 Å². The third-order valence-corrected chi connectivity index (χ3v) is 4.24. The van der Waals surface area contributed by atoms with E-state index < -0.39 is 24.5 Å². The zero-order chi connectivity index (χ0) is 15.6. The van der Waals surface area contributed by atoms with E-state index in [9.17, 15) is 22.8 Å². The van der Waals surface area contributed by atoms with Gasteiger partial charge in [-0.3, -0.25) is 9.59 Å². The number of nitrogens with zero attached hydrogens (tertiary/aromatic N) is 1. The summed E-state index contributed by atoms with van der Waals surface area (Å²) in [5, 5.41) is 2.85. The van der Waals surface area contributed by atoms with E-state index in [1.165, 1.54) is 0 Å². The highest BCUT2D eigenvalue weighted by molar-refractivity contribution is 5.89. The van der Waals surface area contributed by atoms with Gasteiger partial charge in [0.2, 0.25) is 11.8 Å². The highest BCUT2D eigenvalue weighted by atomic mass is 19.4. The summed E-state index contributed by atoms with van der Waals surface area (Å²) in [5.41, 5.74) is 5.63. The summed E-state index contributed by atoms with van der Waals surface area (Å²) in [6.45, 7) is -0.969. The first-order valence-corrected chi connectivity index (χ1v) is 7.15. The van der Waals surface area contributed by atoms with Crippen LogP contribution in [-0.2, 0) is 9.59 Å². The third-order valence-electron chi connectivity index (χ3n) is 4.24. The van der Waals surface area contributed by atoms with Crippen molar-refractivity contribution in [1.82, 2.24) is 10.2 Å². The highest BCUT2D eigenvalue weighted by Gasteiger charge is 2.41. The molecule has 3 unspecified atom stereocenters. The second-order valence-corrected chi connectivity index (χ2v) is 5.83. The molecule has 5 nitrogen and oxygen atoms in total. The van der Waals surface area contributed by atoms with Crippen LogP contribution in [-0.4, -0.2) is 48.6 Å². The van der Waals surface area contributed by atoms with Crippen molar-refractivity contribution in [2.24, 2.45) is 17.6 Å². The second kappa shape index (κ2) is 6.21. The first-order chi connectivity index (χ1) is 9.80. The standard InChI is InChI=1S/C13H20F3N3O2/c14-13(15,16)7-19-6-9(4-11(19)20)12(21)18-10-3-1-2-8(10)5-17/h8-10H,1-7,17H2,(H,18,21). The summed E-state index contributed by atoms with van der Waals surface area (Å²) >= 11 is 0. The molecule has 2 rings (SSSR count). The van der Waals surface area contributed by atoms with Gasteiger partial charge in [-0.2, -0.15) is 13.2 Å². The number of halogens is 3. The SMILES string of the molecule is NCC1CCCC1NC(=O)C1CC(=O)N(CC(F)(F)F)C1. The first kappa shape index (κ1) is 16.1. The van der Waals surface area contributed by atoms with Gasteiger partial charge in [0.25, 0.3) is 0 Å². The summed E-state index contributed by atoms with van der Waals surface area (Å²) in [4.78, 5) is 24.4. The minimum atomic E-state index is -4.43. The van der Waals surface area contributed by atoms with E-state index in [0.29, 0.717) is 11.4 Å². The predicted molar refractivity (Wildman–Crippen MR) is 69.1 cm³/mol. The van der Waals surface area contributed by atoms with Crippen molar-refractivity contribution in [3.63, 3.8) is 0 Å². The number of hydrogen-bond donors (Lipinski definition) is 2. The maximum atomic E-state index is 12.3. The Morgan fingerprint density at radius 1 is 1.38 bits per heavy atom. The van der Waals surface area contributed by atoms with Gasteiger partial charge in [0, 0.05) is 19.0 Å². The van der Waals surface area contributed by atoms with E-state index in [1.807, 2.05) is 0 Å². The van der Waals surface area contributed by atoms with E-state index in [0.717, 1.165) is 19.3 Å². The van der Waals surface area contributed by atoms with Crippen LogP contribution in [0.15, 0.2) is 0 Å². The van der Waals surface area contributed by atoms with Gasteiger partial charge in [-0.15, -0.1) is 0 Å². The van der Waals surface area contributed by atoms with Crippen LogP contribution >= 0.6 is 0 Å². The number of hydrogen-bond acceptors (Lipinski definition) is 3. The molecule has 3 N–H and O–H groups in total. The van der Waals surface area contributed by atoms with Crippen LogP contribution in [0.3, 0.4) is 0 Å². The average molecular weight is 307 g/mol. The number of nitrogens with two attached hydrogens (primary N) is 1. The van der Waals surface area contributed by atoms with Crippen LogP contribution in [0.25, 0.3) is 0 Å². The maximum absolute atomic E-state index is 12.3. The van der Waals surface area contributed by atoms with Crippen molar-refractivity contribution in [2.45, 2.75) is 37.9 Å². The summed E-state index contributed by atoms with van der Waals surface area (Å²) in [7, 11) is 0. The van der Waals surface area contributed by atoms with Crippen molar-refractivity contribution in [1.29, 1.82) is 0 Å². The summed E-state index contributed by atoms with van der Waals surface area (Å²) in [5.74, 6) is -1.43. The van der Waals surface area contributed by atoms with E-state index in [4.69, 9.17) is 5.73 Å². The van der Waals surface area contributed by atoms with E-state index in [1.54, 1.807) is 0 Å². The van der Waals surface area contributed by atoms with Gasteiger partial charge in [-0.25, -0.2) is 0 Å². The van der Waals surface area contributed by atoms with E-state index in [-0.39, 0.29) is 30.8 Å². The van der Waals surface area contributed by atoms with E-state index in [2.05, 4.69) is 5.32 Å². The largest absolute Gasteiger partial charge is 0.406 e. The zero-order valence-corrected chi connectivity index (χ0v) is 11.7. The molecule has 0 bridgehead atoms. The molecular formula is C13H20F3N3O2. The maximum Gasteiger partial charge on any atom is 0.406 e. The summed E-state index contributed by atoms with van der Waals surface area (Å²) < 4.78 is 37.0. The smallest absolute Gasteiger partial charge is 0.353 e. The molecule has 1 saturated heterocycles. The lowest BCUT2D eigenvalue weighted by Gasteiger charge is -2.22. The number of nitrogens with one attached hydrogen (secondary N) is 1. The summed E-state index contributed by atoms with van der Waals surface area (Å²) in [6, 6.07) is -0.0192. The van der Waals surface area contributed by atoms with Gasteiger partial charge in [0.1, 0.15) is 6.54 Å². The molecule has 1 saturated carbocycles. The molecule has 2 fully saturated rings. The fraction of sp³-hybridized carbons (Fsp3) is 0.846. The lowest BCUT2D eigenvalue weighted by molar-refractivity contribution is -0.157. The quantitative estimate of drug-likeness (QED) is 0.800. The molecule has 2 amide bonds. The lowest BCUT2D eigenvalue weighted by Crippen LogP contribution is -2.43. The number of likely N-dealkylation sites (tertiary alicyclic amines) is 1. The fourth-order valence-electron chi connectivity index (χ4n) is 3.13. The molecule has 3 atom stereocenters. The molecular weight excluding hydrogens is 287 g/mol. The molecule has 0 radical (unpaired) electrons. The molecule has 0 spiro atoms. The highest BCUT2D eigenvalue weighted by Crippen LogP contribution is 2.27. The Hall–Kier alpha value is -1.31. The number of amides is 2. The number of carbonyl (C=O) groups excluding carboxylic acids is 2. The normalized spacial score (nSPS) is 30.0. The minimum Gasteiger partial charge on any atom is -0.353 e. The van der Waals surface area contributed by atoms with Gasteiger partial charge >= 0.3 is 6.18 Å². The van der Waals surface area contributed by atoms with Crippen LogP contribution in [0.4, 0.5) is 13.2 Å². The average Bonchev–Trinajstić information content (AvgIpc) is 2.95. The Morgan fingerprint density at radius 2 is 2.10 bits per heavy atom. The van der Waals surface area contributed by atoms with Crippen LogP contribution in [0.1, 0.15) is 25.7 Å². The van der Waals surface area contributed by atoms with Gasteiger partial charge in [-0.1, -0.05) is 6.42 Å². The van der Waals surface area contributed by atoms with Crippen LogP contribution in [0, 0.1) is 11.8 Å². The number of rotatable bonds is 4. The van der Waals surface area contributed by atoms with Gasteiger partial charge in [-0.05, 0) is 25.3 Å². The molecule has 0 aromatic rings. The molecule has 1 aliphatic carbocycles. The van der Waals surface area contributed by atoms with Crippen molar-refractivity contribution in [3.8, 4) is 0 Å². The van der Waals surface area contributed by atoms with Gasteiger partial charge in [0.05, 0.1) is 5.92 Å². The number of alkyl halides is 3.